The summed E-state index contributed by atoms with van der Waals surface area (Å²) in [7, 11) is 0. The Kier molecular flexibility index (Phi) is 4.56. The molecule has 20 heavy (non-hydrogen) atoms. The molecule has 2 heterocycles. The van der Waals surface area contributed by atoms with E-state index in [4.69, 9.17) is 0 Å². The molecule has 0 bridgehead atoms. The van der Waals surface area contributed by atoms with Crippen LogP contribution in [0.4, 0.5) is 5.69 Å². The predicted molar refractivity (Wildman–Crippen MR) is 84.0 cm³/mol. The molecule has 1 aromatic heterocycles. The fraction of sp³-hybridized carbons (Fsp3) is 0.706. The van der Waals surface area contributed by atoms with E-state index in [0.717, 1.165) is 12.6 Å². The predicted octanol–water partition coefficient (Wildman–Crippen LogP) is 3.49. The monoisotopic (exact) mass is 273 g/mol. The average molecular weight is 273 g/mol. The van der Waals surface area contributed by atoms with Crippen molar-refractivity contribution < 1.29 is 0 Å². The highest BCUT2D eigenvalue weighted by molar-refractivity contribution is 5.52. The highest BCUT2D eigenvalue weighted by atomic mass is 15.2. The Hall–Kier alpha value is -1.09. The molecule has 2 aliphatic rings. The van der Waals surface area contributed by atoms with Crippen LogP contribution in [0.1, 0.15) is 57.4 Å². The zero-order valence-corrected chi connectivity index (χ0v) is 12.6. The number of aromatic nitrogens is 1. The van der Waals surface area contributed by atoms with Gasteiger partial charge in [-0.05, 0) is 43.7 Å². The molecule has 1 atom stereocenters. The van der Waals surface area contributed by atoms with E-state index in [1.807, 2.05) is 6.20 Å². The lowest BCUT2D eigenvalue weighted by atomic mass is 10.1. The summed E-state index contributed by atoms with van der Waals surface area (Å²) in [6, 6.07) is 3.66. The van der Waals surface area contributed by atoms with Gasteiger partial charge in [-0.1, -0.05) is 19.8 Å². The highest BCUT2D eigenvalue weighted by Gasteiger charge is 2.24. The first-order chi connectivity index (χ1) is 9.88. The number of nitrogens with zero attached hydrogens (tertiary/aromatic N) is 2. The van der Waals surface area contributed by atoms with Gasteiger partial charge in [0.15, 0.2) is 0 Å². The lowest BCUT2D eigenvalue weighted by molar-refractivity contribution is 0.553. The Morgan fingerprint density at radius 2 is 2.15 bits per heavy atom. The van der Waals surface area contributed by atoms with Crippen molar-refractivity contribution in [1.29, 1.82) is 0 Å². The third-order valence-electron chi connectivity index (χ3n) is 4.70. The molecule has 2 fully saturated rings. The van der Waals surface area contributed by atoms with Crippen molar-refractivity contribution in [1.82, 2.24) is 10.3 Å². The number of anilines is 1. The Morgan fingerprint density at radius 1 is 1.25 bits per heavy atom. The molecule has 1 aliphatic carbocycles. The number of hydrogen-bond donors (Lipinski definition) is 1. The van der Waals surface area contributed by atoms with E-state index in [-0.39, 0.29) is 0 Å². The molecule has 1 N–H and O–H groups in total. The van der Waals surface area contributed by atoms with E-state index in [1.54, 1.807) is 0 Å². The normalized spacial score (nSPS) is 23.6. The summed E-state index contributed by atoms with van der Waals surface area (Å²) >= 11 is 0. The van der Waals surface area contributed by atoms with Crippen LogP contribution in [-0.2, 0) is 6.54 Å². The first-order valence-electron chi connectivity index (χ1n) is 8.31. The molecule has 110 valence electrons. The quantitative estimate of drug-likeness (QED) is 0.890. The second kappa shape index (κ2) is 6.57. The number of hydrogen-bond acceptors (Lipinski definition) is 3. The zero-order valence-electron chi connectivity index (χ0n) is 12.6. The fourth-order valence-electron chi connectivity index (χ4n) is 3.28. The minimum absolute atomic E-state index is 0.696. The maximum Gasteiger partial charge on any atom is 0.0600 e. The van der Waals surface area contributed by atoms with Gasteiger partial charge in [0.1, 0.15) is 0 Å². The Labute approximate surface area is 122 Å². The van der Waals surface area contributed by atoms with Crippen molar-refractivity contribution >= 4 is 5.69 Å². The van der Waals surface area contributed by atoms with Crippen LogP contribution in [0.25, 0.3) is 0 Å². The Bertz CT molecular complexity index is 428. The summed E-state index contributed by atoms with van der Waals surface area (Å²) in [6.07, 6.45) is 13.4. The van der Waals surface area contributed by atoms with Crippen LogP contribution in [0.3, 0.4) is 0 Å². The van der Waals surface area contributed by atoms with E-state index in [9.17, 15) is 0 Å². The van der Waals surface area contributed by atoms with Crippen LogP contribution >= 0.6 is 0 Å². The third kappa shape index (κ3) is 3.32. The van der Waals surface area contributed by atoms with Gasteiger partial charge in [0.2, 0.25) is 0 Å². The second-order valence-corrected chi connectivity index (χ2v) is 6.26. The maximum atomic E-state index is 4.39. The summed E-state index contributed by atoms with van der Waals surface area (Å²) in [6.45, 7) is 4.51. The topological polar surface area (TPSA) is 28.2 Å². The number of pyridine rings is 1. The van der Waals surface area contributed by atoms with Gasteiger partial charge in [-0.2, -0.15) is 0 Å². The molecule has 1 aliphatic heterocycles. The van der Waals surface area contributed by atoms with Crippen molar-refractivity contribution in [3.63, 3.8) is 0 Å². The fourth-order valence-corrected chi connectivity index (χ4v) is 3.28. The van der Waals surface area contributed by atoms with E-state index < -0.39 is 0 Å². The molecular formula is C17H27N3. The molecule has 1 unspecified atom stereocenters. The van der Waals surface area contributed by atoms with Crippen molar-refractivity contribution in [2.24, 2.45) is 0 Å². The van der Waals surface area contributed by atoms with Crippen LogP contribution in [0.15, 0.2) is 18.5 Å². The van der Waals surface area contributed by atoms with Gasteiger partial charge in [0, 0.05) is 31.4 Å². The van der Waals surface area contributed by atoms with E-state index in [0.29, 0.717) is 6.04 Å². The molecule has 0 radical (unpaired) electrons. The molecule has 3 heteroatoms. The lowest BCUT2D eigenvalue weighted by Gasteiger charge is -2.33. The van der Waals surface area contributed by atoms with Crippen LogP contribution in [-0.4, -0.2) is 23.6 Å². The van der Waals surface area contributed by atoms with Gasteiger partial charge in [0.25, 0.3) is 0 Å². The largest absolute Gasteiger partial charge is 0.367 e. The zero-order chi connectivity index (χ0) is 13.8. The Morgan fingerprint density at radius 3 is 2.95 bits per heavy atom. The molecule has 0 aromatic carbocycles. The lowest BCUT2D eigenvalue weighted by Crippen LogP contribution is -2.35. The van der Waals surface area contributed by atoms with Crippen LogP contribution in [0, 0.1) is 0 Å². The van der Waals surface area contributed by atoms with Crippen LogP contribution < -0.4 is 10.2 Å². The summed E-state index contributed by atoms with van der Waals surface area (Å²) in [5.74, 6) is 0. The van der Waals surface area contributed by atoms with Gasteiger partial charge in [-0.3, -0.25) is 4.98 Å². The maximum absolute atomic E-state index is 4.39. The van der Waals surface area contributed by atoms with Gasteiger partial charge >= 0.3 is 0 Å². The standard InChI is InChI=1S/C17H27N3/c1-2-16-6-4-3-5-11-20(16)17-13-18-10-9-14(17)12-19-15-7-8-15/h9-10,13,15-16,19H,2-8,11-12H2,1H3. The molecule has 3 nitrogen and oxygen atoms in total. The molecule has 0 spiro atoms. The molecule has 1 aromatic rings. The number of rotatable bonds is 5. The van der Waals surface area contributed by atoms with Crippen molar-refractivity contribution in [2.45, 2.75) is 70.5 Å². The van der Waals surface area contributed by atoms with Crippen molar-refractivity contribution in [2.75, 3.05) is 11.4 Å². The van der Waals surface area contributed by atoms with Gasteiger partial charge in [-0.15, -0.1) is 0 Å². The van der Waals surface area contributed by atoms with Gasteiger partial charge in [0.05, 0.1) is 11.9 Å². The summed E-state index contributed by atoms with van der Waals surface area (Å²) in [5.41, 5.74) is 2.79. The Balaban J connectivity index is 1.78. The average Bonchev–Trinajstić information content (AvgIpc) is 3.32. The minimum atomic E-state index is 0.696. The highest BCUT2D eigenvalue weighted by Crippen LogP contribution is 2.29. The van der Waals surface area contributed by atoms with E-state index in [2.05, 4.69) is 34.4 Å². The van der Waals surface area contributed by atoms with Crippen molar-refractivity contribution in [3.05, 3.63) is 24.0 Å². The van der Waals surface area contributed by atoms with Gasteiger partial charge < -0.3 is 10.2 Å². The molecule has 0 amide bonds. The summed E-state index contributed by atoms with van der Waals surface area (Å²) < 4.78 is 0. The second-order valence-electron chi connectivity index (χ2n) is 6.26. The molecular weight excluding hydrogens is 246 g/mol. The summed E-state index contributed by atoms with van der Waals surface area (Å²) in [5, 5.41) is 3.65. The first kappa shape index (κ1) is 13.9. The first-order valence-corrected chi connectivity index (χ1v) is 8.31. The van der Waals surface area contributed by atoms with E-state index >= 15 is 0 Å². The third-order valence-corrected chi connectivity index (χ3v) is 4.70. The SMILES string of the molecule is CCC1CCCCCN1c1cnccc1CNC1CC1. The minimum Gasteiger partial charge on any atom is -0.367 e. The van der Waals surface area contributed by atoms with Crippen LogP contribution in [0.2, 0.25) is 0 Å². The number of nitrogens with one attached hydrogen (secondary N) is 1. The molecule has 1 saturated heterocycles. The summed E-state index contributed by atoms with van der Waals surface area (Å²) in [4.78, 5) is 7.02. The molecule has 1 saturated carbocycles. The smallest absolute Gasteiger partial charge is 0.0600 e. The van der Waals surface area contributed by atoms with Gasteiger partial charge in [-0.25, -0.2) is 0 Å². The van der Waals surface area contributed by atoms with Crippen molar-refractivity contribution in [3.8, 4) is 0 Å². The van der Waals surface area contributed by atoms with E-state index in [1.165, 1.54) is 62.7 Å². The molecule has 3 rings (SSSR count). The van der Waals surface area contributed by atoms with Crippen LogP contribution in [0.5, 0.6) is 0 Å².